The number of nitrogens with one attached hydrogen (secondary N) is 1. The molecule has 2 heterocycles. The van der Waals surface area contributed by atoms with Crippen LogP contribution in [0.1, 0.15) is 19.8 Å². The topological polar surface area (TPSA) is 100 Å². The number of sulfone groups is 1. The lowest BCUT2D eigenvalue weighted by Gasteiger charge is -2.39. The summed E-state index contributed by atoms with van der Waals surface area (Å²) in [7, 11) is -3.30. The molecule has 0 saturated carbocycles. The van der Waals surface area contributed by atoms with Crippen molar-refractivity contribution in [1.29, 1.82) is 5.41 Å². The third-order valence-corrected chi connectivity index (χ3v) is 5.08. The van der Waals surface area contributed by atoms with Crippen LogP contribution < -0.4 is 10.6 Å². The molecule has 1 aromatic rings. The average Bonchev–Trinajstić information content (AvgIpc) is 2.38. The van der Waals surface area contributed by atoms with Crippen molar-refractivity contribution in [3.05, 3.63) is 18.3 Å². The first-order valence-electron chi connectivity index (χ1n) is 6.48. The number of aromatic nitrogens is 1. The van der Waals surface area contributed by atoms with Crippen LogP contribution in [-0.2, 0) is 9.84 Å². The van der Waals surface area contributed by atoms with Gasteiger partial charge in [-0.05, 0) is 25.0 Å². The molecule has 1 fully saturated rings. The molecule has 2 rings (SSSR count). The first-order chi connectivity index (χ1) is 9.24. The number of hydrogen-bond donors (Lipinski definition) is 2. The molecule has 0 unspecified atom stereocenters. The van der Waals surface area contributed by atoms with Gasteiger partial charge in [-0.15, -0.1) is 0 Å². The zero-order valence-corrected chi connectivity index (χ0v) is 12.6. The van der Waals surface area contributed by atoms with E-state index in [0.29, 0.717) is 18.9 Å². The van der Waals surface area contributed by atoms with Crippen molar-refractivity contribution in [3.63, 3.8) is 0 Å². The van der Waals surface area contributed by atoms with Gasteiger partial charge in [0.2, 0.25) is 0 Å². The number of pyridine rings is 1. The minimum absolute atomic E-state index is 0.196. The van der Waals surface area contributed by atoms with E-state index in [1.807, 2.05) is 11.8 Å². The molecule has 1 aromatic heterocycles. The van der Waals surface area contributed by atoms with E-state index in [0.717, 1.165) is 12.8 Å². The number of amidine groups is 1. The largest absolute Gasteiger partial charge is 0.387 e. The van der Waals surface area contributed by atoms with Gasteiger partial charge in [0, 0.05) is 31.0 Å². The predicted octanol–water partition coefficient (Wildman–Crippen LogP) is 1.03. The van der Waals surface area contributed by atoms with Crippen LogP contribution in [0.4, 0.5) is 5.82 Å². The Morgan fingerprint density at radius 1 is 1.45 bits per heavy atom. The Morgan fingerprint density at radius 3 is 2.55 bits per heavy atom. The zero-order valence-electron chi connectivity index (χ0n) is 11.8. The summed E-state index contributed by atoms with van der Waals surface area (Å²) >= 11 is 0. The Kier molecular flexibility index (Phi) is 3.73. The molecule has 7 heteroatoms. The summed E-state index contributed by atoms with van der Waals surface area (Å²) in [6, 6.07) is 3.21. The molecular weight excluding hydrogens is 276 g/mol. The minimum Gasteiger partial charge on any atom is -0.387 e. The molecule has 1 aliphatic heterocycles. The lowest BCUT2D eigenvalue weighted by Crippen LogP contribution is -2.45. The van der Waals surface area contributed by atoms with E-state index in [4.69, 9.17) is 11.1 Å². The third kappa shape index (κ3) is 2.77. The zero-order chi connectivity index (χ0) is 15.0. The molecule has 1 saturated heterocycles. The van der Waals surface area contributed by atoms with Gasteiger partial charge in [-0.2, -0.15) is 0 Å². The van der Waals surface area contributed by atoms with Crippen LogP contribution in [0.3, 0.4) is 0 Å². The molecule has 3 N–H and O–H groups in total. The van der Waals surface area contributed by atoms with E-state index >= 15 is 0 Å². The van der Waals surface area contributed by atoms with Crippen LogP contribution in [0.2, 0.25) is 0 Å². The lowest BCUT2D eigenvalue weighted by atomic mass is 9.79. The maximum Gasteiger partial charge on any atom is 0.179 e. The van der Waals surface area contributed by atoms with Crippen molar-refractivity contribution < 1.29 is 8.42 Å². The highest BCUT2D eigenvalue weighted by atomic mass is 32.2. The molecule has 1 aliphatic rings. The molecule has 110 valence electrons. The first-order valence-corrected chi connectivity index (χ1v) is 8.38. The molecule has 0 aliphatic carbocycles. The summed E-state index contributed by atoms with van der Waals surface area (Å²) in [5.74, 6) is 0.696. The normalized spacial score (nSPS) is 18.8. The van der Waals surface area contributed by atoms with Gasteiger partial charge in [0.1, 0.15) is 10.7 Å². The van der Waals surface area contributed by atoms with Gasteiger partial charge in [-0.25, -0.2) is 13.4 Å². The summed E-state index contributed by atoms with van der Waals surface area (Å²) in [5, 5.41) is 7.65. The fourth-order valence-corrected chi connectivity index (χ4v) is 3.23. The molecular formula is C13H20N4O2S. The second-order valence-corrected chi connectivity index (χ2v) is 7.54. The van der Waals surface area contributed by atoms with Gasteiger partial charge in [0.05, 0.1) is 5.84 Å². The highest BCUT2D eigenvalue weighted by Crippen LogP contribution is 2.34. The highest BCUT2D eigenvalue weighted by molar-refractivity contribution is 7.90. The number of nitrogens with zero attached hydrogens (tertiary/aromatic N) is 2. The smallest absolute Gasteiger partial charge is 0.179 e. The Hall–Kier alpha value is -1.63. The van der Waals surface area contributed by atoms with Crippen LogP contribution in [0.25, 0.3) is 0 Å². The second kappa shape index (κ2) is 5.05. The van der Waals surface area contributed by atoms with E-state index in [1.165, 1.54) is 6.26 Å². The molecule has 0 bridgehead atoms. The Morgan fingerprint density at radius 2 is 2.05 bits per heavy atom. The lowest BCUT2D eigenvalue weighted by molar-refractivity contribution is 0.349. The number of anilines is 1. The summed E-state index contributed by atoms with van der Waals surface area (Å²) in [6.07, 6.45) is 4.24. The average molecular weight is 296 g/mol. The van der Waals surface area contributed by atoms with E-state index in [9.17, 15) is 8.42 Å². The molecule has 0 radical (unpaired) electrons. The van der Waals surface area contributed by atoms with Crippen molar-refractivity contribution in [2.75, 3.05) is 24.2 Å². The maximum atomic E-state index is 11.8. The summed E-state index contributed by atoms with van der Waals surface area (Å²) < 4.78 is 23.6. The van der Waals surface area contributed by atoms with Gasteiger partial charge in [0.25, 0.3) is 0 Å². The van der Waals surface area contributed by atoms with Crippen LogP contribution >= 0.6 is 0 Å². The van der Waals surface area contributed by atoms with Crippen molar-refractivity contribution in [2.45, 2.75) is 24.7 Å². The Bertz CT molecular complexity index is 619. The fraction of sp³-hybridized carbons (Fsp3) is 0.538. The Balaban J connectivity index is 2.26. The van der Waals surface area contributed by atoms with E-state index in [1.54, 1.807) is 18.3 Å². The van der Waals surface area contributed by atoms with Crippen molar-refractivity contribution >= 4 is 21.5 Å². The van der Waals surface area contributed by atoms with Crippen molar-refractivity contribution in [3.8, 4) is 0 Å². The molecule has 0 spiro atoms. The SMILES string of the molecule is CC1(C(=N)N)CCN(c2ncccc2S(C)(=O)=O)CC1. The van der Waals surface area contributed by atoms with Gasteiger partial charge in [-0.3, -0.25) is 5.41 Å². The van der Waals surface area contributed by atoms with E-state index in [-0.39, 0.29) is 16.1 Å². The van der Waals surface area contributed by atoms with Gasteiger partial charge < -0.3 is 10.6 Å². The molecule has 0 atom stereocenters. The molecule has 6 nitrogen and oxygen atoms in total. The summed E-state index contributed by atoms with van der Waals surface area (Å²) in [5.41, 5.74) is 5.34. The van der Waals surface area contributed by atoms with Crippen LogP contribution in [0, 0.1) is 10.8 Å². The van der Waals surface area contributed by atoms with Gasteiger partial charge in [-0.1, -0.05) is 6.92 Å². The quantitative estimate of drug-likeness (QED) is 0.641. The minimum atomic E-state index is -3.30. The van der Waals surface area contributed by atoms with Gasteiger partial charge >= 0.3 is 0 Å². The van der Waals surface area contributed by atoms with Crippen molar-refractivity contribution in [2.24, 2.45) is 11.1 Å². The molecule has 20 heavy (non-hydrogen) atoms. The van der Waals surface area contributed by atoms with E-state index in [2.05, 4.69) is 4.98 Å². The molecule has 0 aromatic carbocycles. The van der Waals surface area contributed by atoms with E-state index < -0.39 is 9.84 Å². The van der Waals surface area contributed by atoms with Crippen LogP contribution in [-0.4, -0.2) is 38.6 Å². The fourth-order valence-electron chi connectivity index (χ4n) is 2.39. The summed E-state index contributed by atoms with van der Waals surface area (Å²) in [6.45, 7) is 3.27. The first kappa shape index (κ1) is 14.8. The summed E-state index contributed by atoms with van der Waals surface area (Å²) in [4.78, 5) is 6.44. The number of nitrogens with two attached hydrogens (primary N) is 1. The number of piperidine rings is 1. The standard InChI is InChI=1S/C13H20N4O2S/c1-13(12(14)15)5-8-17(9-6-13)11-10(20(2,18)19)4-3-7-16-11/h3-4,7H,5-6,8-9H2,1-2H3,(H3,14,15). The van der Waals surface area contributed by atoms with Crippen LogP contribution in [0.15, 0.2) is 23.2 Å². The number of rotatable bonds is 3. The van der Waals surface area contributed by atoms with Gasteiger partial charge in [0.15, 0.2) is 9.84 Å². The monoisotopic (exact) mass is 296 g/mol. The van der Waals surface area contributed by atoms with Crippen molar-refractivity contribution in [1.82, 2.24) is 4.98 Å². The maximum absolute atomic E-state index is 11.8. The predicted molar refractivity (Wildman–Crippen MR) is 78.8 cm³/mol. The van der Waals surface area contributed by atoms with Crippen LogP contribution in [0.5, 0.6) is 0 Å². The second-order valence-electron chi connectivity index (χ2n) is 5.56. The molecule has 0 amide bonds. The Labute approximate surface area is 119 Å². The number of hydrogen-bond acceptors (Lipinski definition) is 5. The third-order valence-electron chi connectivity index (χ3n) is 3.97. The highest BCUT2D eigenvalue weighted by Gasteiger charge is 2.34.